The molecule has 0 radical (unpaired) electrons. The van der Waals surface area contributed by atoms with E-state index >= 15 is 0 Å². The van der Waals surface area contributed by atoms with E-state index in [0.717, 1.165) is 16.0 Å². The van der Waals surface area contributed by atoms with Crippen LogP contribution in [0.5, 0.6) is 5.75 Å². The van der Waals surface area contributed by atoms with Crippen molar-refractivity contribution in [1.29, 1.82) is 0 Å². The molecule has 2 aromatic carbocycles. The zero-order valence-electron chi connectivity index (χ0n) is 16.5. The number of benzene rings is 2. The molecule has 3 aromatic rings. The maximum absolute atomic E-state index is 12.4. The molecule has 29 heavy (non-hydrogen) atoms. The number of para-hydroxylation sites is 1. The number of nitrogens with zero attached hydrogens (tertiary/aromatic N) is 2. The minimum absolute atomic E-state index is 0.0764. The molecule has 0 fully saturated rings. The smallest absolute Gasteiger partial charge is 0.248 e. The van der Waals surface area contributed by atoms with Crippen molar-refractivity contribution in [3.05, 3.63) is 53.3 Å². The third-order valence-electron chi connectivity index (χ3n) is 4.41. The van der Waals surface area contributed by atoms with Gasteiger partial charge in [0.1, 0.15) is 11.3 Å². The summed E-state index contributed by atoms with van der Waals surface area (Å²) in [6, 6.07) is 14.1. The Labute approximate surface area is 174 Å². The minimum atomic E-state index is -3.39. The lowest BCUT2D eigenvalue weighted by Crippen LogP contribution is -2.16. The van der Waals surface area contributed by atoms with Gasteiger partial charge in [0.2, 0.25) is 5.91 Å². The highest BCUT2D eigenvalue weighted by Gasteiger charge is 2.15. The second-order valence-corrected chi connectivity index (χ2v) is 9.52. The molecule has 1 heterocycles. The molecule has 0 unspecified atom stereocenters. The zero-order valence-corrected chi connectivity index (χ0v) is 18.1. The average molecular weight is 433 g/mol. The highest BCUT2D eigenvalue weighted by molar-refractivity contribution is 7.91. The van der Waals surface area contributed by atoms with Crippen LogP contribution >= 0.6 is 11.3 Å². The van der Waals surface area contributed by atoms with E-state index in [4.69, 9.17) is 4.74 Å². The van der Waals surface area contributed by atoms with Gasteiger partial charge < -0.3 is 9.30 Å². The summed E-state index contributed by atoms with van der Waals surface area (Å²) in [6.07, 6.45) is 0.323. The minimum Gasteiger partial charge on any atom is -0.492 e. The Morgan fingerprint density at radius 1 is 1.10 bits per heavy atom. The quantitative estimate of drug-likeness (QED) is 0.542. The standard InChI is InChI=1S/C21H24N2O4S2/c1-3-23-20-17(27-4-2)12-8-13-18(20)28-21(23)22-19(24)14-9-15-29(25,26)16-10-6-5-7-11-16/h5-8,10-13H,3-4,9,14-15H2,1-2H3. The number of fused-ring (bicyclic) bond motifs is 1. The van der Waals surface area contributed by atoms with Crippen molar-refractivity contribution in [1.82, 2.24) is 4.57 Å². The monoisotopic (exact) mass is 432 g/mol. The van der Waals surface area contributed by atoms with Crippen LogP contribution in [0.4, 0.5) is 0 Å². The maximum atomic E-state index is 12.4. The van der Waals surface area contributed by atoms with Gasteiger partial charge in [-0.15, -0.1) is 0 Å². The van der Waals surface area contributed by atoms with E-state index in [-0.39, 0.29) is 29.4 Å². The lowest BCUT2D eigenvalue weighted by atomic mass is 10.3. The molecule has 1 amide bonds. The van der Waals surface area contributed by atoms with Crippen LogP contribution < -0.4 is 9.54 Å². The molecule has 0 bridgehead atoms. The lowest BCUT2D eigenvalue weighted by Gasteiger charge is -2.07. The van der Waals surface area contributed by atoms with Crippen LogP contribution in [0.3, 0.4) is 0 Å². The van der Waals surface area contributed by atoms with E-state index in [1.807, 2.05) is 36.6 Å². The molecule has 3 rings (SSSR count). The Morgan fingerprint density at radius 2 is 1.86 bits per heavy atom. The van der Waals surface area contributed by atoms with Crippen LogP contribution in [0, 0.1) is 0 Å². The molecule has 0 saturated heterocycles. The van der Waals surface area contributed by atoms with Crippen molar-refractivity contribution in [2.24, 2.45) is 4.99 Å². The SMILES string of the molecule is CCOc1cccc2sc(=NC(=O)CCCS(=O)(=O)c3ccccc3)n(CC)c12. The van der Waals surface area contributed by atoms with Crippen molar-refractivity contribution >= 4 is 37.3 Å². The second kappa shape index (κ2) is 9.37. The Morgan fingerprint density at radius 3 is 2.55 bits per heavy atom. The molecule has 0 atom stereocenters. The molecule has 0 aliphatic heterocycles. The first-order chi connectivity index (χ1) is 14.0. The number of aromatic nitrogens is 1. The first-order valence-electron chi connectivity index (χ1n) is 9.56. The highest BCUT2D eigenvalue weighted by atomic mass is 32.2. The molecular weight excluding hydrogens is 408 g/mol. The van der Waals surface area contributed by atoms with E-state index in [1.165, 1.54) is 11.3 Å². The number of amides is 1. The third-order valence-corrected chi connectivity index (χ3v) is 7.27. The van der Waals surface area contributed by atoms with Crippen molar-refractivity contribution in [2.75, 3.05) is 12.4 Å². The molecule has 0 saturated carbocycles. The first kappa shape index (κ1) is 21.3. The Hall–Kier alpha value is -2.45. The van der Waals surface area contributed by atoms with Crippen LogP contribution in [-0.4, -0.2) is 31.3 Å². The van der Waals surface area contributed by atoms with Crippen molar-refractivity contribution in [3.8, 4) is 5.75 Å². The van der Waals surface area contributed by atoms with E-state index < -0.39 is 9.84 Å². The highest BCUT2D eigenvalue weighted by Crippen LogP contribution is 2.27. The molecule has 0 N–H and O–H groups in total. The summed E-state index contributed by atoms with van der Waals surface area (Å²) >= 11 is 1.43. The van der Waals surface area contributed by atoms with E-state index in [1.54, 1.807) is 30.3 Å². The summed E-state index contributed by atoms with van der Waals surface area (Å²) < 4.78 is 33.3. The van der Waals surface area contributed by atoms with Gasteiger partial charge in [-0.25, -0.2) is 8.42 Å². The second-order valence-electron chi connectivity index (χ2n) is 6.41. The zero-order chi connectivity index (χ0) is 20.9. The molecule has 154 valence electrons. The maximum Gasteiger partial charge on any atom is 0.248 e. The predicted octanol–water partition coefficient (Wildman–Crippen LogP) is 3.80. The lowest BCUT2D eigenvalue weighted by molar-refractivity contribution is -0.118. The van der Waals surface area contributed by atoms with Gasteiger partial charge >= 0.3 is 0 Å². The number of carbonyl (C=O) groups excluding carboxylic acids is 1. The van der Waals surface area contributed by atoms with Crippen molar-refractivity contribution in [3.63, 3.8) is 0 Å². The van der Waals surface area contributed by atoms with Crippen molar-refractivity contribution in [2.45, 2.75) is 38.1 Å². The van der Waals surface area contributed by atoms with E-state index in [0.29, 0.717) is 18.0 Å². The molecule has 8 heteroatoms. The van der Waals surface area contributed by atoms with Crippen LogP contribution in [0.25, 0.3) is 10.2 Å². The van der Waals surface area contributed by atoms with Crippen LogP contribution in [0.2, 0.25) is 0 Å². The van der Waals surface area contributed by atoms with Gasteiger partial charge in [0, 0.05) is 13.0 Å². The van der Waals surface area contributed by atoms with Gasteiger partial charge in [-0.05, 0) is 44.5 Å². The summed E-state index contributed by atoms with van der Waals surface area (Å²) in [5.74, 6) is 0.374. The molecule has 0 spiro atoms. The van der Waals surface area contributed by atoms with Gasteiger partial charge in [0.15, 0.2) is 14.6 Å². The van der Waals surface area contributed by atoms with Crippen LogP contribution in [-0.2, 0) is 21.2 Å². The summed E-state index contributed by atoms with van der Waals surface area (Å²) in [4.78, 5) is 17.5. The van der Waals surface area contributed by atoms with Gasteiger partial charge in [-0.2, -0.15) is 4.99 Å². The Balaban J connectivity index is 1.77. The Kier molecular flexibility index (Phi) is 6.87. The summed E-state index contributed by atoms with van der Waals surface area (Å²) in [5, 5.41) is 0. The average Bonchev–Trinajstić information content (AvgIpc) is 3.06. The molecule has 0 aliphatic rings. The number of sulfone groups is 1. The van der Waals surface area contributed by atoms with E-state index in [9.17, 15) is 13.2 Å². The Bertz CT molecular complexity index is 1160. The predicted molar refractivity (Wildman–Crippen MR) is 115 cm³/mol. The van der Waals surface area contributed by atoms with E-state index in [2.05, 4.69) is 4.99 Å². The molecule has 1 aromatic heterocycles. The van der Waals surface area contributed by atoms with Crippen LogP contribution in [0.1, 0.15) is 26.7 Å². The number of rotatable bonds is 8. The summed E-state index contributed by atoms with van der Waals surface area (Å²) in [5.41, 5.74) is 0.931. The fourth-order valence-electron chi connectivity index (χ4n) is 3.07. The third kappa shape index (κ3) is 4.94. The van der Waals surface area contributed by atoms with Gasteiger partial charge in [-0.3, -0.25) is 4.79 Å². The molecular formula is C21H24N2O4S2. The number of aryl methyl sites for hydroxylation is 1. The number of hydrogen-bond acceptors (Lipinski definition) is 5. The normalized spacial score (nSPS) is 12.4. The summed E-state index contributed by atoms with van der Waals surface area (Å²) in [6.45, 7) is 5.13. The fourth-order valence-corrected chi connectivity index (χ4v) is 5.53. The number of carbonyl (C=O) groups is 1. The van der Waals surface area contributed by atoms with Gasteiger partial charge in [0.05, 0.1) is 22.0 Å². The number of hydrogen-bond donors (Lipinski definition) is 0. The van der Waals surface area contributed by atoms with Crippen LogP contribution in [0.15, 0.2) is 58.4 Å². The topological polar surface area (TPSA) is 77.7 Å². The number of ether oxygens (including phenoxy) is 1. The van der Waals surface area contributed by atoms with Gasteiger partial charge in [0.25, 0.3) is 0 Å². The summed E-state index contributed by atoms with van der Waals surface area (Å²) in [7, 11) is -3.39. The molecule has 0 aliphatic carbocycles. The first-order valence-corrected chi connectivity index (χ1v) is 12.0. The van der Waals surface area contributed by atoms with Crippen molar-refractivity contribution < 1.29 is 17.9 Å². The van der Waals surface area contributed by atoms with Gasteiger partial charge in [-0.1, -0.05) is 35.6 Å². The number of thiazole rings is 1. The molecule has 6 nitrogen and oxygen atoms in total. The fraction of sp³-hybridized carbons (Fsp3) is 0.333. The largest absolute Gasteiger partial charge is 0.492 e.